The highest BCUT2D eigenvalue weighted by atomic mass is 16.6. The van der Waals surface area contributed by atoms with Gasteiger partial charge in [0.1, 0.15) is 0 Å². The second-order valence-electron chi connectivity index (χ2n) is 8.30. The van der Waals surface area contributed by atoms with Gasteiger partial charge in [-0.2, -0.15) is 0 Å². The highest BCUT2D eigenvalue weighted by molar-refractivity contribution is 5.81. The van der Waals surface area contributed by atoms with Crippen LogP contribution in [-0.4, -0.2) is 17.7 Å². The maximum absolute atomic E-state index is 11.2. The lowest BCUT2D eigenvalue weighted by Crippen LogP contribution is -2.46. The first-order chi connectivity index (χ1) is 12.4. The molecule has 1 N–H and O–H groups in total. The number of nitrogens with one attached hydrogen (secondary N) is 1. The fraction of sp³-hybridized carbons (Fsp3) is 0.870. The minimum absolute atomic E-state index is 0.0152. The van der Waals surface area contributed by atoms with Crippen molar-refractivity contribution in [1.82, 2.24) is 5.32 Å². The Kier molecular flexibility index (Phi) is 15.8. The minimum atomic E-state index is -0.373. The number of hydrogen-bond donors (Lipinski definition) is 1. The van der Waals surface area contributed by atoms with Crippen LogP contribution in [0.15, 0.2) is 12.7 Å². The van der Waals surface area contributed by atoms with E-state index in [-0.39, 0.29) is 17.7 Å². The van der Waals surface area contributed by atoms with Gasteiger partial charge in [-0.1, -0.05) is 97.0 Å². The molecule has 26 heavy (non-hydrogen) atoms. The van der Waals surface area contributed by atoms with Gasteiger partial charge in [0.15, 0.2) is 6.23 Å². The second kappa shape index (κ2) is 16.4. The lowest BCUT2D eigenvalue weighted by molar-refractivity contribution is -0.144. The first-order valence-electron chi connectivity index (χ1n) is 11.0. The smallest absolute Gasteiger partial charge is 0.331 e. The van der Waals surface area contributed by atoms with E-state index in [0.717, 1.165) is 6.42 Å². The SMILES string of the molecule is C=CC(=O)OC(C)NC(C)(C)CCCCCCCCCCCCCCC. The molecule has 3 heteroatoms. The van der Waals surface area contributed by atoms with Crippen LogP contribution in [0.1, 0.15) is 118 Å². The highest BCUT2D eigenvalue weighted by Crippen LogP contribution is 2.17. The normalized spacial score (nSPS) is 12.8. The van der Waals surface area contributed by atoms with Gasteiger partial charge in [0.25, 0.3) is 0 Å². The zero-order valence-corrected chi connectivity index (χ0v) is 18.1. The van der Waals surface area contributed by atoms with Crippen LogP contribution in [0.25, 0.3) is 0 Å². The molecular formula is C23H45NO2. The van der Waals surface area contributed by atoms with Crippen LogP contribution in [0, 0.1) is 0 Å². The Morgan fingerprint density at radius 2 is 1.35 bits per heavy atom. The van der Waals surface area contributed by atoms with Crippen molar-refractivity contribution in [3.8, 4) is 0 Å². The number of esters is 1. The lowest BCUT2D eigenvalue weighted by atomic mass is 9.95. The molecule has 0 saturated heterocycles. The number of rotatable bonds is 18. The quantitative estimate of drug-likeness (QED) is 0.124. The molecule has 154 valence electrons. The minimum Gasteiger partial charge on any atom is -0.444 e. The molecule has 0 spiro atoms. The second-order valence-corrected chi connectivity index (χ2v) is 8.30. The molecule has 3 nitrogen and oxygen atoms in total. The van der Waals surface area contributed by atoms with Crippen LogP contribution in [0.3, 0.4) is 0 Å². The zero-order valence-electron chi connectivity index (χ0n) is 18.1. The molecule has 1 unspecified atom stereocenters. The molecule has 0 amide bonds. The molecule has 0 heterocycles. The molecule has 0 aromatic carbocycles. The van der Waals surface area contributed by atoms with Crippen molar-refractivity contribution in [2.24, 2.45) is 0 Å². The maximum Gasteiger partial charge on any atom is 0.331 e. The van der Waals surface area contributed by atoms with Crippen molar-refractivity contribution in [1.29, 1.82) is 0 Å². The predicted molar refractivity (Wildman–Crippen MR) is 113 cm³/mol. The van der Waals surface area contributed by atoms with Crippen LogP contribution < -0.4 is 5.32 Å². The Morgan fingerprint density at radius 3 is 1.77 bits per heavy atom. The summed E-state index contributed by atoms with van der Waals surface area (Å²) in [6, 6.07) is 0. The van der Waals surface area contributed by atoms with Gasteiger partial charge in [-0.25, -0.2) is 4.79 Å². The molecule has 0 saturated carbocycles. The van der Waals surface area contributed by atoms with Gasteiger partial charge in [0, 0.05) is 11.6 Å². The van der Waals surface area contributed by atoms with E-state index >= 15 is 0 Å². The van der Waals surface area contributed by atoms with Gasteiger partial charge in [0.05, 0.1) is 0 Å². The van der Waals surface area contributed by atoms with Crippen molar-refractivity contribution in [2.45, 2.75) is 129 Å². The third kappa shape index (κ3) is 16.6. The molecule has 0 aromatic rings. The van der Waals surface area contributed by atoms with E-state index in [1.54, 1.807) is 0 Å². The van der Waals surface area contributed by atoms with Gasteiger partial charge in [-0.05, 0) is 27.2 Å². The first-order valence-corrected chi connectivity index (χ1v) is 11.0. The Bertz CT molecular complexity index is 352. The standard InChI is InChI=1S/C23H45NO2/c1-6-8-9-10-11-12-13-14-15-16-17-18-19-20-23(4,5)24-21(3)26-22(25)7-2/h7,21,24H,2,6,8-20H2,1,3-5H3. The molecule has 0 aliphatic carbocycles. The average Bonchev–Trinajstić information content (AvgIpc) is 2.58. The summed E-state index contributed by atoms with van der Waals surface area (Å²) in [5.41, 5.74) is -0.0152. The van der Waals surface area contributed by atoms with Crippen molar-refractivity contribution in [3.63, 3.8) is 0 Å². The van der Waals surface area contributed by atoms with Crippen molar-refractivity contribution in [2.75, 3.05) is 0 Å². The predicted octanol–water partition coefficient (Wildman–Crippen LogP) is 6.91. The van der Waals surface area contributed by atoms with Crippen LogP contribution in [0.5, 0.6) is 0 Å². The molecule has 0 radical (unpaired) electrons. The van der Waals surface area contributed by atoms with Gasteiger partial charge < -0.3 is 4.74 Å². The first kappa shape index (κ1) is 25.2. The summed E-state index contributed by atoms with van der Waals surface area (Å²) in [5, 5.41) is 3.37. The Labute approximate surface area is 163 Å². The Balaban J connectivity index is 3.47. The van der Waals surface area contributed by atoms with E-state index in [2.05, 4.69) is 32.7 Å². The molecule has 0 bridgehead atoms. The summed E-state index contributed by atoms with van der Waals surface area (Å²) in [5.74, 6) is -0.373. The third-order valence-electron chi connectivity index (χ3n) is 4.96. The number of unbranched alkanes of at least 4 members (excludes halogenated alkanes) is 12. The number of carbonyl (C=O) groups is 1. The molecule has 0 aliphatic heterocycles. The third-order valence-corrected chi connectivity index (χ3v) is 4.96. The van der Waals surface area contributed by atoms with Crippen LogP contribution in [0.2, 0.25) is 0 Å². The van der Waals surface area contributed by atoms with Crippen molar-refractivity contribution < 1.29 is 9.53 Å². The van der Waals surface area contributed by atoms with E-state index in [1.165, 1.54) is 89.5 Å². The fourth-order valence-electron chi connectivity index (χ4n) is 3.46. The largest absolute Gasteiger partial charge is 0.444 e. The van der Waals surface area contributed by atoms with Crippen LogP contribution >= 0.6 is 0 Å². The van der Waals surface area contributed by atoms with Crippen molar-refractivity contribution in [3.05, 3.63) is 12.7 Å². The number of carbonyl (C=O) groups excluding carboxylic acids is 1. The summed E-state index contributed by atoms with van der Waals surface area (Å²) in [4.78, 5) is 11.2. The Morgan fingerprint density at radius 1 is 0.923 bits per heavy atom. The summed E-state index contributed by atoms with van der Waals surface area (Å²) in [7, 11) is 0. The summed E-state index contributed by atoms with van der Waals surface area (Å²) in [6.07, 6.45) is 20.0. The van der Waals surface area contributed by atoms with E-state index in [0.29, 0.717) is 0 Å². The summed E-state index contributed by atoms with van der Waals surface area (Å²) >= 11 is 0. The van der Waals surface area contributed by atoms with Gasteiger partial charge in [-0.15, -0.1) is 0 Å². The lowest BCUT2D eigenvalue weighted by Gasteiger charge is -2.30. The topological polar surface area (TPSA) is 38.3 Å². The molecule has 0 rings (SSSR count). The number of ether oxygens (including phenoxy) is 1. The number of hydrogen-bond acceptors (Lipinski definition) is 3. The molecular weight excluding hydrogens is 322 g/mol. The Hall–Kier alpha value is -0.830. The van der Waals surface area contributed by atoms with E-state index < -0.39 is 0 Å². The summed E-state index contributed by atoms with van der Waals surface area (Å²) in [6.45, 7) is 11.9. The van der Waals surface area contributed by atoms with Crippen molar-refractivity contribution >= 4 is 5.97 Å². The van der Waals surface area contributed by atoms with E-state index in [1.807, 2.05) is 6.92 Å². The maximum atomic E-state index is 11.2. The molecule has 0 aromatic heterocycles. The fourth-order valence-corrected chi connectivity index (χ4v) is 3.46. The van der Waals surface area contributed by atoms with E-state index in [9.17, 15) is 4.79 Å². The molecule has 1 atom stereocenters. The molecule has 0 aliphatic rings. The van der Waals surface area contributed by atoms with Gasteiger partial charge in [0.2, 0.25) is 0 Å². The zero-order chi connectivity index (χ0) is 19.7. The monoisotopic (exact) mass is 367 g/mol. The summed E-state index contributed by atoms with van der Waals surface area (Å²) < 4.78 is 5.19. The van der Waals surface area contributed by atoms with Crippen LogP contribution in [-0.2, 0) is 9.53 Å². The van der Waals surface area contributed by atoms with Crippen LogP contribution in [0.4, 0.5) is 0 Å². The van der Waals surface area contributed by atoms with E-state index in [4.69, 9.17) is 4.74 Å². The molecule has 0 fully saturated rings. The highest BCUT2D eigenvalue weighted by Gasteiger charge is 2.20. The average molecular weight is 368 g/mol. The van der Waals surface area contributed by atoms with Gasteiger partial charge >= 0.3 is 5.97 Å². The van der Waals surface area contributed by atoms with Gasteiger partial charge in [-0.3, -0.25) is 5.32 Å².